The van der Waals surface area contributed by atoms with Gasteiger partial charge >= 0.3 is 0 Å². The summed E-state index contributed by atoms with van der Waals surface area (Å²) in [4.78, 5) is 0. The third-order valence-electron chi connectivity index (χ3n) is 4.44. The zero-order valence-electron chi connectivity index (χ0n) is 12.0. The van der Waals surface area contributed by atoms with Gasteiger partial charge in [-0.3, -0.25) is 0 Å². The molecule has 0 spiro atoms. The van der Waals surface area contributed by atoms with Crippen molar-refractivity contribution in [2.24, 2.45) is 11.8 Å². The molecule has 112 valence electrons. The maximum absolute atomic E-state index is 11.6. The van der Waals surface area contributed by atoms with Crippen molar-refractivity contribution in [3.63, 3.8) is 0 Å². The molecular weight excluding hydrogens is 264 g/mol. The molecule has 5 nitrogen and oxygen atoms in total. The van der Waals surface area contributed by atoms with E-state index in [0.717, 1.165) is 38.9 Å². The SMILES string of the molecule is CNC(CC1CCCN(S(C)(=O)=O)C1)C1CCOC1. The summed E-state index contributed by atoms with van der Waals surface area (Å²) in [6.07, 6.45) is 5.60. The number of nitrogens with one attached hydrogen (secondary N) is 1. The van der Waals surface area contributed by atoms with Gasteiger partial charge in [-0.2, -0.15) is 0 Å². The molecule has 2 aliphatic heterocycles. The van der Waals surface area contributed by atoms with E-state index in [4.69, 9.17) is 4.74 Å². The van der Waals surface area contributed by atoms with E-state index in [1.807, 2.05) is 7.05 Å². The molecule has 0 saturated carbocycles. The van der Waals surface area contributed by atoms with Gasteiger partial charge in [0.05, 0.1) is 12.9 Å². The fourth-order valence-electron chi connectivity index (χ4n) is 3.30. The molecule has 1 N–H and O–H groups in total. The summed E-state index contributed by atoms with van der Waals surface area (Å²) in [5.41, 5.74) is 0. The number of ether oxygens (including phenoxy) is 1. The Labute approximate surface area is 116 Å². The Balaban J connectivity index is 1.90. The molecule has 0 amide bonds. The Hall–Kier alpha value is -0.170. The minimum atomic E-state index is -3.03. The molecule has 0 bridgehead atoms. The van der Waals surface area contributed by atoms with Gasteiger partial charge in [0.1, 0.15) is 0 Å². The molecule has 3 unspecified atom stereocenters. The van der Waals surface area contributed by atoms with Crippen molar-refractivity contribution in [3.8, 4) is 0 Å². The van der Waals surface area contributed by atoms with Crippen LogP contribution in [0.2, 0.25) is 0 Å². The molecule has 0 aromatic rings. The van der Waals surface area contributed by atoms with Crippen LogP contribution < -0.4 is 5.32 Å². The fraction of sp³-hybridized carbons (Fsp3) is 1.00. The van der Waals surface area contributed by atoms with Crippen LogP contribution in [0.15, 0.2) is 0 Å². The largest absolute Gasteiger partial charge is 0.381 e. The second kappa shape index (κ2) is 6.52. The van der Waals surface area contributed by atoms with Crippen molar-refractivity contribution in [2.45, 2.75) is 31.7 Å². The molecule has 2 saturated heterocycles. The summed E-state index contributed by atoms with van der Waals surface area (Å²) >= 11 is 0. The lowest BCUT2D eigenvalue weighted by atomic mass is 9.86. The Morgan fingerprint density at radius 2 is 2.21 bits per heavy atom. The van der Waals surface area contributed by atoms with E-state index in [0.29, 0.717) is 31.0 Å². The quantitative estimate of drug-likeness (QED) is 0.808. The van der Waals surface area contributed by atoms with Crippen molar-refractivity contribution in [2.75, 3.05) is 39.6 Å². The number of rotatable bonds is 5. The van der Waals surface area contributed by atoms with Crippen molar-refractivity contribution < 1.29 is 13.2 Å². The minimum absolute atomic E-state index is 0.451. The van der Waals surface area contributed by atoms with Crippen LogP contribution in [-0.2, 0) is 14.8 Å². The number of hydrogen-bond donors (Lipinski definition) is 1. The van der Waals surface area contributed by atoms with E-state index in [2.05, 4.69) is 5.32 Å². The monoisotopic (exact) mass is 290 g/mol. The lowest BCUT2D eigenvalue weighted by Gasteiger charge is -2.34. The molecule has 2 rings (SSSR count). The highest BCUT2D eigenvalue weighted by Crippen LogP contribution is 2.27. The van der Waals surface area contributed by atoms with Gasteiger partial charge in [-0.1, -0.05) is 0 Å². The van der Waals surface area contributed by atoms with E-state index in [1.54, 1.807) is 4.31 Å². The number of piperidine rings is 1. The van der Waals surface area contributed by atoms with Gasteiger partial charge in [-0.25, -0.2) is 12.7 Å². The van der Waals surface area contributed by atoms with Gasteiger partial charge in [0.2, 0.25) is 10.0 Å². The Kier molecular flexibility index (Phi) is 5.22. The fourth-order valence-corrected chi connectivity index (χ4v) is 4.24. The summed E-state index contributed by atoms with van der Waals surface area (Å²) in [5.74, 6) is 1.06. The van der Waals surface area contributed by atoms with Crippen molar-refractivity contribution in [3.05, 3.63) is 0 Å². The van der Waals surface area contributed by atoms with Crippen LogP contribution in [0, 0.1) is 11.8 Å². The highest BCUT2D eigenvalue weighted by atomic mass is 32.2. The molecule has 0 radical (unpaired) electrons. The van der Waals surface area contributed by atoms with Crippen molar-refractivity contribution in [1.82, 2.24) is 9.62 Å². The number of sulfonamides is 1. The van der Waals surface area contributed by atoms with Gasteiger partial charge in [-0.15, -0.1) is 0 Å². The second-order valence-electron chi connectivity index (χ2n) is 5.88. The van der Waals surface area contributed by atoms with Crippen LogP contribution >= 0.6 is 0 Å². The number of hydrogen-bond acceptors (Lipinski definition) is 4. The molecule has 6 heteroatoms. The topological polar surface area (TPSA) is 58.6 Å². The summed E-state index contributed by atoms with van der Waals surface area (Å²) in [6, 6.07) is 0.451. The average molecular weight is 290 g/mol. The van der Waals surface area contributed by atoms with E-state index in [9.17, 15) is 8.42 Å². The predicted molar refractivity (Wildman–Crippen MR) is 75.5 cm³/mol. The van der Waals surface area contributed by atoms with Crippen molar-refractivity contribution >= 4 is 10.0 Å². The van der Waals surface area contributed by atoms with Gasteiger partial charge in [0.25, 0.3) is 0 Å². The Morgan fingerprint density at radius 1 is 1.42 bits per heavy atom. The zero-order valence-corrected chi connectivity index (χ0v) is 12.8. The minimum Gasteiger partial charge on any atom is -0.381 e. The third kappa shape index (κ3) is 4.15. The van der Waals surface area contributed by atoms with Crippen LogP contribution in [0.1, 0.15) is 25.7 Å². The van der Waals surface area contributed by atoms with Gasteiger partial charge in [-0.05, 0) is 44.6 Å². The van der Waals surface area contributed by atoms with Crippen LogP contribution in [0.5, 0.6) is 0 Å². The highest BCUT2D eigenvalue weighted by Gasteiger charge is 2.31. The molecular formula is C13H26N2O3S. The van der Waals surface area contributed by atoms with Gasteiger partial charge in [0.15, 0.2) is 0 Å². The molecule has 0 aliphatic carbocycles. The molecule has 2 heterocycles. The molecule has 0 aromatic heterocycles. The maximum atomic E-state index is 11.6. The second-order valence-corrected chi connectivity index (χ2v) is 7.87. The summed E-state index contributed by atoms with van der Waals surface area (Å²) in [7, 11) is -1.03. The zero-order chi connectivity index (χ0) is 13.9. The molecule has 3 atom stereocenters. The van der Waals surface area contributed by atoms with Crippen LogP contribution in [0.3, 0.4) is 0 Å². The summed E-state index contributed by atoms with van der Waals surface area (Å²) in [6.45, 7) is 3.08. The van der Waals surface area contributed by atoms with Gasteiger partial charge < -0.3 is 10.1 Å². The smallest absolute Gasteiger partial charge is 0.211 e. The first-order chi connectivity index (χ1) is 9.00. The van der Waals surface area contributed by atoms with Gasteiger partial charge in [0, 0.05) is 25.7 Å². The van der Waals surface area contributed by atoms with E-state index < -0.39 is 10.0 Å². The Bertz CT molecular complexity index is 379. The molecule has 0 aromatic carbocycles. The predicted octanol–water partition coefficient (Wildman–Crippen LogP) is 0.673. The van der Waals surface area contributed by atoms with Crippen LogP contribution in [0.25, 0.3) is 0 Å². The molecule has 19 heavy (non-hydrogen) atoms. The first kappa shape index (κ1) is 15.2. The average Bonchev–Trinajstić information content (AvgIpc) is 2.89. The van der Waals surface area contributed by atoms with E-state index >= 15 is 0 Å². The summed E-state index contributed by atoms with van der Waals surface area (Å²) in [5, 5.41) is 3.40. The standard InChI is InChI=1S/C13H26N2O3S/c1-14-13(12-5-7-18-10-12)8-11-4-3-6-15(9-11)19(2,16)17/h11-14H,3-10H2,1-2H3. The highest BCUT2D eigenvalue weighted by molar-refractivity contribution is 7.88. The van der Waals surface area contributed by atoms with Crippen LogP contribution in [0.4, 0.5) is 0 Å². The first-order valence-electron chi connectivity index (χ1n) is 7.21. The number of nitrogens with zero attached hydrogens (tertiary/aromatic N) is 1. The molecule has 2 fully saturated rings. The van der Waals surface area contributed by atoms with E-state index in [1.165, 1.54) is 6.26 Å². The third-order valence-corrected chi connectivity index (χ3v) is 5.71. The molecule has 2 aliphatic rings. The first-order valence-corrected chi connectivity index (χ1v) is 9.05. The summed E-state index contributed by atoms with van der Waals surface area (Å²) < 4.78 is 30.4. The van der Waals surface area contributed by atoms with Crippen molar-refractivity contribution in [1.29, 1.82) is 0 Å². The van der Waals surface area contributed by atoms with Crippen LogP contribution in [-0.4, -0.2) is 58.4 Å². The Morgan fingerprint density at radius 3 is 2.79 bits per heavy atom. The normalized spacial score (nSPS) is 31.5. The van der Waals surface area contributed by atoms with E-state index in [-0.39, 0.29) is 0 Å². The maximum Gasteiger partial charge on any atom is 0.211 e. The lowest BCUT2D eigenvalue weighted by molar-refractivity contribution is 0.166. The lowest BCUT2D eigenvalue weighted by Crippen LogP contribution is -2.43.